The average molecular weight is 1030 g/mol. The minimum atomic E-state index is -4.70. The minimum absolute atomic E-state index is 0.0280. The number of nitrogens with one attached hydrogen (secondary N) is 1. The SMILES string of the molecule is CCCC/C=C\CCCCCCCC(=O)NC(COP(=O)([O-])OCC[N+](C)(C)C)C(/C=C\CCCCCCCCCCCC)OC(=O)CCCCCCCCC/C=C\C/C=C\C/C=C\C/C=C\CCCCC. The third-order valence-corrected chi connectivity index (χ3v) is 13.8. The molecule has 0 aromatic carbocycles. The van der Waals surface area contributed by atoms with Gasteiger partial charge in [0.1, 0.15) is 19.3 Å². The first kappa shape index (κ1) is 69.5. The molecule has 1 N–H and O–H groups in total. The number of ether oxygens (including phenoxy) is 1. The Kier molecular flexibility index (Phi) is 50.1. The van der Waals surface area contributed by atoms with E-state index in [9.17, 15) is 19.0 Å². The van der Waals surface area contributed by atoms with Crippen LogP contribution < -0.4 is 10.2 Å². The maximum Gasteiger partial charge on any atom is 0.306 e. The molecule has 1 amide bonds. The Bertz CT molecular complexity index is 1460. The molecule has 0 saturated carbocycles. The highest BCUT2D eigenvalue weighted by Crippen LogP contribution is 2.38. The van der Waals surface area contributed by atoms with Crippen LogP contribution in [0.2, 0.25) is 0 Å². The van der Waals surface area contributed by atoms with Gasteiger partial charge in [-0.2, -0.15) is 0 Å². The Labute approximate surface area is 444 Å². The van der Waals surface area contributed by atoms with Gasteiger partial charge in [0.25, 0.3) is 7.82 Å². The fourth-order valence-corrected chi connectivity index (χ4v) is 8.91. The lowest BCUT2D eigenvalue weighted by molar-refractivity contribution is -0.870. The second-order valence-corrected chi connectivity index (χ2v) is 22.6. The van der Waals surface area contributed by atoms with Crippen LogP contribution in [0.5, 0.6) is 0 Å². The molecular weight excluding hydrogens is 916 g/mol. The van der Waals surface area contributed by atoms with Gasteiger partial charge in [-0.3, -0.25) is 14.2 Å². The van der Waals surface area contributed by atoms with Crippen molar-refractivity contribution in [3.8, 4) is 0 Å². The molecule has 0 rings (SSSR count). The van der Waals surface area contributed by atoms with Crippen molar-refractivity contribution in [2.75, 3.05) is 40.9 Å². The van der Waals surface area contributed by atoms with Gasteiger partial charge in [0.2, 0.25) is 5.91 Å². The van der Waals surface area contributed by atoms with E-state index in [-0.39, 0.29) is 24.9 Å². The van der Waals surface area contributed by atoms with Gasteiger partial charge in [0, 0.05) is 12.8 Å². The molecule has 0 aliphatic carbocycles. The van der Waals surface area contributed by atoms with Crippen LogP contribution in [0, 0.1) is 0 Å². The molecule has 0 fully saturated rings. The lowest BCUT2D eigenvalue weighted by Crippen LogP contribution is -2.47. The van der Waals surface area contributed by atoms with Crippen molar-refractivity contribution in [1.82, 2.24) is 5.32 Å². The number of allylic oxidation sites excluding steroid dienone is 11. The molecule has 0 radical (unpaired) electrons. The number of unbranched alkanes of at least 4 members (excludes halogenated alkanes) is 27. The molecule has 0 aliphatic heterocycles. The number of carbonyl (C=O) groups excluding carboxylic acids is 2. The topological polar surface area (TPSA) is 114 Å². The lowest BCUT2D eigenvalue weighted by atomic mass is 10.0. The van der Waals surface area contributed by atoms with E-state index in [1.165, 1.54) is 109 Å². The zero-order valence-electron chi connectivity index (χ0n) is 47.6. The number of phosphoric ester groups is 1. The van der Waals surface area contributed by atoms with Crippen molar-refractivity contribution >= 4 is 19.7 Å². The quantitative estimate of drug-likeness (QED) is 0.0212. The summed E-state index contributed by atoms with van der Waals surface area (Å²) in [5.74, 6) is -0.566. The van der Waals surface area contributed by atoms with Gasteiger partial charge in [-0.1, -0.05) is 222 Å². The van der Waals surface area contributed by atoms with Crippen LogP contribution in [0.4, 0.5) is 0 Å². The van der Waals surface area contributed by atoms with Crippen molar-refractivity contribution in [2.45, 2.75) is 270 Å². The van der Waals surface area contributed by atoms with E-state index in [1.807, 2.05) is 33.3 Å². The molecule has 3 unspecified atom stereocenters. The van der Waals surface area contributed by atoms with Crippen molar-refractivity contribution < 1.29 is 37.3 Å². The second-order valence-electron chi connectivity index (χ2n) is 21.1. The Morgan fingerprint density at radius 1 is 0.486 bits per heavy atom. The van der Waals surface area contributed by atoms with Crippen LogP contribution in [0.1, 0.15) is 258 Å². The minimum Gasteiger partial charge on any atom is -0.756 e. The summed E-state index contributed by atoms with van der Waals surface area (Å²) in [6.07, 6.45) is 65.8. The Morgan fingerprint density at radius 3 is 1.35 bits per heavy atom. The zero-order chi connectivity index (χ0) is 52.9. The molecular formula is C62H113N2O7P. The summed E-state index contributed by atoms with van der Waals surface area (Å²) in [6.45, 7) is 6.75. The van der Waals surface area contributed by atoms with E-state index in [0.29, 0.717) is 23.9 Å². The molecule has 0 bridgehead atoms. The van der Waals surface area contributed by atoms with Crippen LogP contribution in [0.3, 0.4) is 0 Å². The van der Waals surface area contributed by atoms with Gasteiger partial charge < -0.3 is 28.5 Å². The number of hydrogen-bond donors (Lipinski definition) is 1. The van der Waals surface area contributed by atoms with Gasteiger partial charge in [0.15, 0.2) is 0 Å². The van der Waals surface area contributed by atoms with Gasteiger partial charge in [-0.25, -0.2) is 0 Å². The molecule has 418 valence electrons. The molecule has 0 heterocycles. The number of rotatable bonds is 53. The van der Waals surface area contributed by atoms with Crippen LogP contribution in [0.15, 0.2) is 72.9 Å². The van der Waals surface area contributed by atoms with Gasteiger partial charge >= 0.3 is 5.97 Å². The third-order valence-electron chi connectivity index (χ3n) is 12.9. The first-order chi connectivity index (χ1) is 34.9. The predicted molar refractivity (Wildman–Crippen MR) is 307 cm³/mol. The summed E-state index contributed by atoms with van der Waals surface area (Å²) < 4.78 is 30.2. The highest BCUT2D eigenvalue weighted by atomic mass is 31.2. The number of hydrogen-bond acceptors (Lipinski definition) is 7. The summed E-state index contributed by atoms with van der Waals surface area (Å²) in [7, 11) is 1.17. The maximum absolute atomic E-state index is 13.4. The van der Waals surface area contributed by atoms with E-state index >= 15 is 0 Å². The first-order valence-electron chi connectivity index (χ1n) is 29.7. The molecule has 72 heavy (non-hydrogen) atoms. The Balaban J connectivity index is 5.22. The number of esters is 1. The summed E-state index contributed by atoms with van der Waals surface area (Å²) in [4.78, 5) is 39.8. The van der Waals surface area contributed by atoms with Gasteiger partial charge in [-0.15, -0.1) is 0 Å². The molecule has 0 saturated heterocycles. The number of carbonyl (C=O) groups is 2. The van der Waals surface area contributed by atoms with E-state index < -0.39 is 26.6 Å². The number of quaternary nitrogens is 1. The molecule has 0 spiro atoms. The fourth-order valence-electron chi connectivity index (χ4n) is 8.19. The molecule has 0 aliphatic rings. The number of phosphoric acid groups is 1. The smallest absolute Gasteiger partial charge is 0.306 e. The monoisotopic (exact) mass is 1030 g/mol. The zero-order valence-corrected chi connectivity index (χ0v) is 48.5. The lowest BCUT2D eigenvalue weighted by Gasteiger charge is -2.30. The van der Waals surface area contributed by atoms with E-state index in [4.69, 9.17) is 13.8 Å². The van der Waals surface area contributed by atoms with Crippen LogP contribution in [0.25, 0.3) is 0 Å². The van der Waals surface area contributed by atoms with E-state index in [0.717, 1.165) is 109 Å². The molecule has 3 atom stereocenters. The predicted octanol–water partition coefficient (Wildman–Crippen LogP) is 17.4. The summed E-state index contributed by atoms with van der Waals surface area (Å²) >= 11 is 0. The van der Waals surface area contributed by atoms with Crippen molar-refractivity contribution in [3.63, 3.8) is 0 Å². The van der Waals surface area contributed by atoms with Gasteiger partial charge in [0.05, 0.1) is 33.8 Å². The molecule has 0 aromatic heterocycles. The average Bonchev–Trinajstić information content (AvgIpc) is 3.34. The highest BCUT2D eigenvalue weighted by Gasteiger charge is 2.27. The summed E-state index contributed by atoms with van der Waals surface area (Å²) in [5, 5.41) is 3.01. The third kappa shape index (κ3) is 52.3. The van der Waals surface area contributed by atoms with Crippen molar-refractivity contribution in [1.29, 1.82) is 0 Å². The Hall–Kier alpha value is -2.55. The Morgan fingerprint density at radius 2 is 0.861 bits per heavy atom. The van der Waals surface area contributed by atoms with E-state index in [2.05, 4.69) is 86.8 Å². The van der Waals surface area contributed by atoms with Crippen LogP contribution in [-0.2, 0) is 27.9 Å². The number of nitrogens with zero attached hydrogens (tertiary/aromatic N) is 1. The molecule has 10 heteroatoms. The standard InChI is InChI=1S/C62H113N2O7P/c1-7-10-13-16-19-22-25-27-28-29-30-31-32-33-34-35-36-37-40-43-46-49-52-55-62(66)71-60(53-50-47-44-41-39-26-23-20-17-14-11-8-2)59(58-70-72(67,68)69-57-56-64(4,5)6)63-61(65)54-51-48-45-42-38-24-21-18-15-12-9-3/h18-19,21-22,27-28,30-31,33-34,50,53,59-60H,7-17,20,23-26,29,32,35-49,51-52,54-58H2,1-6H3,(H-,63,65,67,68)/b21-18-,22-19-,28-27-,31-30-,34-33-,53-50-. The largest absolute Gasteiger partial charge is 0.756 e. The summed E-state index contributed by atoms with van der Waals surface area (Å²) in [5.41, 5.74) is 0. The number of amides is 1. The maximum atomic E-state index is 13.4. The molecule has 0 aromatic rings. The van der Waals surface area contributed by atoms with Crippen LogP contribution >= 0.6 is 7.82 Å². The summed E-state index contributed by atoms with van der Waals surface area (Å²) in [6, 6.07) is -0.898. The first-order valence-corrected chi connectivity index (χ1v) is 31.2. The van der Waals surface area contributed by atoms with Gasteiger partial charge in [-0.05, 0) is 96.0 Å². The fraction of sp³-hybridized carbons (Fsp3) is 0.774. The number of likely N-dealkylation sites (N-methyl/N-ethyl adjacent to an activating group) is 1. The highest BCUT2D eigenvalue weighted by molar-refractivity contribution is 7.45. The second kappa shape index (κ2) is 51.9. The normalized spacial score (nSPS) is 14.3. The van der Waals surface area contributed by atoms with E-state index in [1.54, 1.807) is 0 Å². The van der Waals surface area contributed by atoms with Crippen molar-refractivity contribution in [3.05, 3.63) is 72.9 Å². The van der Waals surface area contributed by atoms with Crippen molar-refractivity contribution in [2.24, 2.45) is 0 Å². The van der Waals surface area contributed by atoms with Crippen LogP contribution in [-0.4, -0.2) is 69.4 Å². The molecule has 9 nitrogen and oxygen atoms in total.